The number of likely N-dealkylation sites (tertiary alicyclic amines) is 1. The van der Waals surface area contributed by atoms with Gasteiger partial charge in [-0.2, -0.15) is 0 Å². The quantitative estimate of drug-likeness (QED) is 0.446. The number of fused-ring (bicyclic) bond motifs is 3. The number of para-hydroxylation sites is 1. The van der Waals surface area contributed by atoms with Crippen LogP contribution in [0.4, 0.5) is 0 Å². The van der Waals surface area contributed by atoms with Crippen LogP contribution in [-0.4, -0.2) is 51.8 Å². The van der Waals surface area contributed by atoms with Crippen LogP contribution in [0.15, 0.2) is 60.9 Å². The first-order valence-electron chi connectivity index (χ1n) is 11.6. The van der Waals surface area contributed by atoms with Crippen molar-refractivity contribution >= 4 is 27.6 Å². The number of rotatable bonds is 7. The van der Waals surface area contributed by atoms with E-state index in [1.54, 1.807) is 12.1 Å². The molecule has 0 saturated carbocycles. The van der Waals surface area contributed by atoms with Gasteiger partial charge in [0.05, 0.1) is 23.1 Å². The summed E-state index contributed by atoms with van der Waals surface area (Å²) in [6, 6.07) is 15.4. The number of carbonyl (C=O) groups is 1. The summed E-state index contributed by atoms with van der Waals surface area (Å²) in [5.41, 5.74) is 2.49. The molecule has 5 rings (SSSR count). The van der Waals surface area contributed by atoms with Gasteiger partial charge < -0.3 is 19.3 Å². The number of ether oxygens (including phenoxy) is 1. The van der Waals surface area contributed by atoms with E-state index in [-0.39, 0.29) is 0 Å². The molecule has 1 aliphatic rings. The molecule has 0 atom stereocenters. The Morgan fingerprint density at radius 1 is 1.03 bits per heavy atom. The van der Waals surface area contributed by atoms with E-state index >= 15 is 0 Å². The smallest absolute Gasteiger partial charge is 0.335 e. The number of aromatic nitrogens is 2. The van der Waals surface area contributed by atoms with Crippen molar-refractivity contribution in [3.8, 4) is 5.88 Å². The van der Waals surface area contributed by atoms with Gasteiger partial charge in [-0.1, -0.05) is 30.3 Å². The molecule has 0 spiro atoms. The van der Waals surface area contributed by atoms with Crippen molar-refractivity contribution in [2.75, 3.05) is 26.2 Å². The minimum absolute atomic E-state index is 0.341. The second kappa shape index (κ2) is 9.24. The van der Waals surface area contributed by atoms with Crippen molar-refractivity contribution < 1.29 is 14.6 Å². The van der Waals surface area contributed by atoms with Crippen LogP contribution in [0.25, 0.3) is 21.7 Å². The van der Waals surface area contributed by atoms with Crippen LogP contribution in [0.1, 0.15) is 28.8 Å². The summed E-state index contributed by atoms with van der Waals surface area (Å²) in [4.78, 5) is 18.3. The summed E-state index contributed by atoms with van der Waals surface area (Å²) in [6.07, 6.45) is 7.40. The van der Waals surface area contributed by atoms with Gasteiger partial charge in [0.2, 0.25) is 5.88 Å². The SMILES string of the molecule is Cn1cc2c(OCC3CCN(CCc4ccc(C(=O)O)cc4)CC3)nc3ccccc3c2c1. The molecule has 1 N–H and O–H groups in total. The van der Waals surface area contributed by atoms with Crippen molar-refractivity contribution in [2.24, 2.45) is 13.0 Å². The Bertz CT molecular complexity index is 1270. The highest BCUT2D eigenvalue weighted by atomic mass is 16.5. The second-order valence-corrected chi connectivity index (χ2v) is 9.03. The minimum atomic E-state index is -0.877. The lowest BCUT2D eigenvalue weighted by molar-refractivity contribution is 0.0697. The van der Waals surface area contributed by atoms with Crippen molar-refractivity contribution in [2.45, 2.75) is 19.3 Å². The minimum Gasteiger partial charge on any atom is -0.478 e. The molecule has 0 radical (unpaired) electrons. The molecule has 2 aromatic carbocycles. The number of benzene rings is 2. The third-order valence-electron chi connectivity index (χ3n) is 6.68. The molecule has 170 valence electrons. The number of hydrogen-bond donors (Lipinski definition) is 1. The van der Waals surface area contributed by atoms with Crippen molar-refractivity contribution in [1.82, 2.24) is 14.5 Å². The van der Waals surface area contributed by atoms with Gasteiger partial charge in [0.1, 0.15) is 0 Å². The topological polar surface area (TPSA) is 67.6 Å². The molecule has 0 bridgehead atoms. The number of aryl methyl sites for hydroxylation is 1. The predicted molar refractivity (Wildman–Crippen MR) is 130 cm³/mol. The van der Waals surface area contributed by atoms with E-state index in [4.69, 9.17) is 14.8 Å². The highest BCUT2D eigenvalue weighted by molar-refractivity contribution is 6.07. The summed E-state index contributed by atoms with van der Waals surface area (Å²) < 4.78 is 8.35. The van der Waals surface area contributed by atoms with Gasteiger partial charge in [0.25, 0.3) is 0 Å². The number of pyridine rings is 1. The third kappa shape index (κ3) is 4.71. The molecule has 2 aromatic heterocycles. The van der Waals surface area contributed by atoms with Gasteiger partial charge >= 0.3 is 5.97 Å². The number of piperidine rings is 1. The monoisotopic (exact) mass is 443 g/mol. The normalized spacial score (nSPS) is 15.3. The zero-order chi connectivity index (χ0) is 22.8. The molecule has 6 heteroatoms. The Morgan fingerprint density at radius 2 is 1.76 bits per heavy atom. The molecule has 6 nitrogen and oxygen atoms in total. The maximum Gasteiger partial charge on any atom is 0.335 e. The Hall–Kier alpha value is -3.38. The Balaban J connectivity index is 1.16. The molecule has 0 amide bonds. The molecule has 1 saturated heterocycles. The van der Waals surface area contributed by atoms with Gasteiger partial charge in [0, 0.05) is 36.8 Å². The summed E-state index contributed by atoms with van der Waals surface area (Å²) in [6.45, 7) is 3.82. The highest BCUT2D eigenvalue weighted by Crippen LogP contribution is 2.32. The van der Waals surface area contributed by atoms with Crippen LogP contribution in [0.5, 0.6) is 5.88 Å². The van der Waals surface area contributed by atoms with Gasteiger partial charge in [-0.05, 0) is 62.0 Å². The number of carboxylic acids is 1. The molecule has 0 unspecified atom stereocenters. The van der Waals surface area contributed by atoms with Crippen molar-refractivity contribution in [1.29, 1.82) is 0 Å². The fourth-order valence-electron chi connectivity index (χ4n) is 4.72. The lowest BCUT2D eigenvalue weighted by Gasteiger charge is -2.31. The van der Waals surface area contributed by atoms with Gasteiger partial charge in [-0.3, -0.25) is 0 Å². The van der Waals surface area contributed by atoms with Crippen molar-refractivity contribution in [3.05, 3.63) is 72.1 Å². The Labute approximate surface area is 193 Å². The van der Waals surface area contributed by atoms with E-state index in [0.717, 1.165) is 61.1 Å². The predicted octanol–water partition coefficient (Wildman–Crippen LogP) is 4.76. The first-order valence-corrected chi connectivity index (χ1v) is 11.6. The molecular formula is C27H29N3O3. The van der Waals surface area contributed by atoms with E-state index in [1.807, 2.05) is 31.3 Å². The summed E-state index contributed by atoms with van der Waals surface area (Å²) in [7, 11) is 2.04. The largest absolute Gasteiger partial charge is 0.478 e. The standard InChI is InChI=1S/C27H29N3O3/c1-29-16-23-22-4-2-3-5-25(22)28-26(24(23)17-29)33-18-20-11-14-30(15-12-20)13-10-19-6-8-21(9-7-19)27(31)32/h2-9,16-17,20H,10-15,18H2,1H3,(H,31,32). The van der Waals surface area contributed by atoms with Crippen LogP contribution in [0.3, 0.4) is 0 Å². The average molecular weight is 444 g/mol. The lowest BCUT2D eigenvalue weighted by Crippen LogP contribution is -2.36. The van der Waals surface area contributed by atoms with Crippen LogP contribution in [-0.2, 0) is 13.5 Å². The Kier molecular flexibility index (Phi) is 6.01. The van der Waals surface area contributed by atoms with Gasteiger partial charge in [0.15, 0.2) is 0 Å². The first kappa shape index (κ1) is 21.5. The zero-order valence-corrected chi connectivity index (χ0v) is 18.9. The summed E-state index contributed by atoms with van der Waals surface area (Å²) in [5.74, 6) is 0.386. The fraction of sp³-hybridized carbons (Fsp3) is 0.333. The molecule has 4 aromatic rings. The second-order valence-electron chi connectivity index (χ2n) is 9.03. The van der Waals surface area contributed by atoms with E-state index in [2.05, 4.69) is 34.0 Å². The molecule has 0 aliphatic carbocycles. The Morgan fingerprint density at radius 3 is 2.52 bits per heavy atom. The molecule has 1 fully saturated rings. The van der Waals surface area contributed by atoms with Gasteiger partial charge in [-0.15, -0.1) is 0 Å². The number of carboxylic acid groups (broad SMARTS) is 1. The maximum absolute atomic E-state index is 11.0. The average Bonchev–Trinajstić information content (AvgIpc) is 3.24. The third-order valence-corrected chi connectivity index (χ3v) is 6.68. The van der Waals surface area contributed by atoms with E-state index < -0.39 is 5.97 Å². The van der Waals surface area contributed by atoms with Crippen LogP contribution in [0.2, 0.25) is 0 Å². The fourth-order valence-corrected chi connectivity index (χ4v) is 4.72. The first-order chi connectivity index (χ1) is 16.1. The molecule has 1 aliphatic heterocycles. The van der Waals surface area contributed by atoms with E-state index in [0.29, 0.717) is 18.1 Å². The van der Waals surface area contributed by atoms with Crippen LogP contribution in [0, 0.1) is 5.92 Å². The van der Waals surface area contributed by atoms with Gasteiger partial charge in [-0.25, -0.2) is 9.78 Å². The summed E-state index contributed by atoms with van der Waals surface area (Å²) in [5, 5.41) is 12.4. The molecular weight excluding hydrogens is 414 g/mol. The van der Waals surface area contributed by atoms with Crippen molar-refractivity contribution in [3.63, 3.8) is 0 Å². The number of nitrogens with zero attached hydrogens (tertiary/aromatic N) is 3. The maximum atomic E-state index is 11.0. The lowest BCUT2D eigenvalue weighted by atomic mass is 9.97. The zero-order valence-electron chi connectivity index (χ0n) is 18.9. The van der Waals surface area contributed by atoms with Crippen LogP contribution < -0.4 is 4.74 Å². The van der Waals surface area contributed by atoms with E-state index in [9.17, 15) is 4.79 Å². The highest BCUT2D eigenvalue weighted by Gasteiger charge is 2.21. The molecule has 3 heterocycles. The number of aromatic carboxylic acids is 1. The van der Waals surface area contributed by atoms with Crippen LogP contribution >= 0.6 is 0 Å². The molecule has 33 heavy (non-hydrogen) atoms. The van der Waals surface area contributed by atoms with E-state index in [1.165, 1.54) is 10.9 Å². The number of hydrogen-bond acceptors (Lipinski definition) is 4. The summed E-state index contributed by atoms with van der Waals surface area (Å²) >= 11 is 0.